The number of alkyl halides is 3. The number of hydrogen-bond donors (Lipinski definition) is 1. The maximum absolute atomic E-state index is 12.6. The molecule has 0 spiro atoms. The van der Waals surface area contributed by atoms with Crippen LogP contribution in [0, 0.1) is 0 Å². The Kier molecular flexibility index (Phi) is 4.62. The number of pyridine rings is 1. The predicted octanol–water partition coefficient (Wildman–Crippen LogP) is 3.79. The summed E-state index contributed by atoms with van der Waals surface area (Å²) in [5.74, 6) is -0.396. The number of benzene rings is 1. The number of carbonyl (C=O) groups excluding carboxylic acids is 1. The second-order valence-corrected chi connectivity index (χ2v) is 5.06. The standard InChI is InChI=1S/C14H10BrF3N2O/c15-12-5-4-10(8-19-12)13(21)20-7-9-2-1-3-11(6-9)14(16,17)18/h1-6,8H,7H2,(H,20,21). The van der Waals surface area contributed by atoms with Crippen molar-refractivity contribution in [3.63, 3.8) is 0 Å². The molecule has 0 saturated heterocycles. The largest absolute Gasteiger partial charge is 0.416 e. The van der Waals surface area contributed by atoms with Gasteiger partial charge >= 0.3 is 6.18 Å². The highest BCUT2D eigenvalue weighted by Crippen LogP contribution is 2.29. The number of aromatic nitrogens is 1. The molecule has 0 unspecified atom stereocenters. The molecule has 1 aromatic heterocycles. The minimum atomic E-state index is -4.39. The van der Waals surface area contributed by atoms with Crippen molar-refractivity contribution in [3.8, 4) is 0 Å². The minimum Gasteiger partial charge on any atom is -0.348 e. The lowest BCUT2D eigenvalue weighted by molar-refractivity contribution is -0.137. The van der Waals surface area contributed by atoms with Crippen molar-refractivity contribution in [3.05, 3.63) is 63.9 Å². The van der Waals surface area contributed by atoms with Gasteiger partial charge in [-0.15, -0.1) is 0 Å². The second kappa shape index (κ2) is 6.26. The molecular formula is C14H10BrF3N2O. The monoisotopic (exact) mass is 358 g/mol. The molecule has 1 aromatic carbocycles. The van der Waals surface area contributed by atoms with E-state index in [2.05, 4.69) is 26.2 Å². The molecule has 0 aliphatic heterocycles. The fourth-order valence-electron chi connectivity index (χ4n) is 1.65. The van der Waals surface area contributed by atoms with Crippen LogP contribution >= 0.6 is 15.9 Å². The summed E-state index contributed by atoms with van der Waals surface area (Å²) in [4.78, 5) is 15.7. The van der Waals surface area contributed by atoms with Crippen LogP contribution in [0.3, 0.4) is 0 Å². The van der Waals surface area contributed by atoms with Crippen molar-refractivity contribution in [1.29, 1.82) is 0 Å². The Balaban J connectivity index is 2.03. The van der Waals surface area contributed by atoms with Crippen LogP contribution in [0.25, 0.3) is 0 Å². The van der Waals surface area contributed by atoms with Gasteiger partial charge in [0, 0.05) is 12.7 Å². The molecule has 7 heteroatoms. The molecule has 3 nitrogen and oxygen atoms in total. The van der Waals surface area contributed by atoms with Crippen molar-refractivity contribution < 1.29 is 18.0 Å². The summed E-state index contributed by atoms with van der Waals surface area (Å²) in [6, 6.07) is 8.02. The lowest BCUT2D eigenvalue weighted by atomic mass is 10.1. The molecule has 1 N–H and O–H groups in total. The maximum Gasteiger partial charge on any atom is 0.416 e. The molecule has 0 radical (unpaired) electrons. The third kappa shape index (κ3) is 4.29. The van der Waals surface area contributed by atoms with Gasteiger partial charge in [-0.05, 0) is 45.8 Å². The van der Waals surface area contributed by atoms with Gasteiger partial charge in [-0.2, -0.15) is 13.2 Å². The van der Waals surface area contributed by atoms with Crippen molar-refractivity contribution in [2.45, 2.75) is 12.7 Å². The van der Waals surface area contributed by atoms with Crippen LogP contribution in [0.2, 0.25) is 0 Å². The van der Waals surface area contributed by atoms with E-state index in [4.69, 9.17) is 0 Å². The predicted molar refractivity (Wildman–Crippen MR) is 74.6 cm³/mol. The minimum absolute atomic E-state index is 0.0127. The summed E-state index contributed by atoms with van der Waals surface area (Å²) < 4.78 is 38.3. The number of nitrogens with zero attached hydrogens (tertiary/aromatic N) is 1. The summed E-state index contributed by atoms with van der Waals surface area (Å²) in [6.07, 6.45) is -3.01. The fraction of sp³-hybridized carbons (Fsp3) is 0.143. The van der Waals surface area contributed by atoms with Crippen LogP contribution in [-0.2, 0) is 12.7 Å². The lowest BCUT2D eigenvalue weighted by Gasteiger charge is -2.09. The summed E-state index contributed by atoms with van der Waals surface area (Å²) in [6.45, 7) is 0.0127. The van der Waals surface area contributed by atoms with Crippen LogP contribution in [0.4, 0.5) is 13.2 Å². The highest BCUT2D eigenvalue weighted by atomic mass is 79.9. The average Bonchev–Trinajstić information content (AvgIpc) is 2.45. The molecule has 0 aliphatic carbocycles. The van der Waals surface area contributed by atoms with E-state index in [-0.39, 0.29) is 6.54 Å². The molecule has 0 atom stereocenters. The van der Waals surface area contributed by atoms with Gasteiger partial charge in [0.1, 0.15) is 4.60 Å². The first kappa shape index (κ1) is 15.5. The van der Waals surface area contributed by atoms with Gasteiger partial charge in [-0.3, -0.25) is 4.79 Å². The molecule has 1 amide bonds. The Hall–Kier alpha value is -1.89. The van der Waals surface area contributed by atoms with Crippen LogP contribution in [0.5, 0.6) is 0 Å². The first-order chi connectivity index (χ1) is 9.86. The number of hydrogen-bond acceptors (Lipinski definition) is 2. The van der Waals surface area contributed by atoms with Gasteiger partial charge in [-0.1, -0.05) is 12.1 Å². The van der Waals surface area contributed by atoms with Gasteiger partial charge in [0.05, 0.1) is 11.1 Å². The number of amides is 1. The Morgan fingerprint density at radius 1 is 1.24 bits per heavy atom. The molecule has 2 aromatic rings. The van der Waals surface area contributed by atoms with Gasteiger partial charge in [0.2, 0.25) is 0 Å². The molecule has 1 heterocycles. The zero-order valence-corrected chi connectivity index (χ0v) is 12.2. The van der Waals surface area contributed by atoms with Crippen LogP contribution in [-0.4, -0.2) is 10.9 Å². The number of rotatable bonds is 3. The summed E-state index contributed by atoms with van der Waals surface area (Å²) in [5.41, 5.74) is -0.0204. The first-order valence-corrected chi connectivity index (χ1v) is 6.71. The third-order valence-corrected chi connectivity index (χ3v) is 3.17. The summed E-state index contributed by atoms with van der Waals surface area (Å²) >= 11 is 3.15. The highest BCUT2D eigenvalue weighted by molar-refractivity contribution is 9.10. The smallest absolute Gasteiger partial charge is 0.348 e. The van der Waals surface area contributed by atoms with E-state index in [0.717, 1.165) is 12.1 Å². The number of nitrogens with one attached hydrogen (secondary N) is 1. The van der Waals surface area contributed by atoms with Crippen molar-refractivity contribution in [2.24, 2.45) is 0 Å². The van der Waals surface area contributed by atoms with Crippen molar-refractivity contribution >= 4 is 21.8 Å². The molecule has 110 valence electrons. The quantitative estimate of drug-likeness (QED) is 0.848. The van der Waals surface area contributed by atoms with Crippen molar-refractivity contribution in [1.82, 2.24) is 10.3 Å². The Bertz CT molecular complexity index is 641. The Labute approximate surface area is 127 Å². The molecular weight excluding hydrogens is 349 g/mol. The highest BCUT2D eigenvalue weighted by Gasteiger charge is 2.30. The van der Waals surface area contributed by atoms with E-state index in [0.29, 0.717) is 15.7 Å². The molecule has 0 saturated carbocycles. The van der Waals surface area contributed by atoms with Gasteiger partial charge in [0.15, 0.2) is 0 Å². The van der Waals surface area contributed by atoms with Gasteiger partial charge < -0.3 is 5.32 Å². The molecule has 0 bridgehead atoms. The number of halogens is 4. The number of carbonyl (C=O) groups is 1. The zero-order chi connectivity index (χ0) is 15.5. The van der Waals surface area contributed by atoms with E-state index >= 15 is 0 Å². The SMILES string of the molecule is O=C(NCc1cccc(C(F)(F)F)c1)c1ccc(Br)nc1. The third-order valence-electron chi connectivity index (χ3n) is 2.70. The second-order valence-electron chi connectivity index (χ2n) is 4.25. The van der Waals surface area contributed by atoms with Gasteiger partial charge in [-0.25, -0.2) is 4.98 Å². The molecule has 21 heavy (non-hydrogen) atoms. The Morgan fingerprint density at radius 2 is 2.00 bits per heavy atom. The molecule has 0 aliphatic rings. The summed E-state index contributed by atoms with van der Waals surface area (Å²) in [7, 11) is 0. The van der Waals surface area contributed by atoms with E-state index in [9.17, 15) is 18.0 Å². The molecule has 0 fully saturated rings. The van der Waals surface area contributed by atoms with E-state index in [1.54, 1.807) is 12.1 Å². The average molecular weight is 359 g/mol. The maximum atomic E-state index is 12.6. The summed E-state index contributed by atoms with van der Waals surface area (Å²) in [5, 5.41) is 2.55. The van der Waals surface area contributed by atoms with Crippen LogP contribution in [0.15, 0.2) is 47.2 Å². The van der Waals surface area contributed by atoms with E-state index in [1.807, 2.05) is 0 Å². The lowest BCUT2D eigenvalue weighted by Crippen LogP contribution is -2.23. The van der Waals surface area contributed by atoms with Crippen LogP contribution in [0.1, 0.15) is 21.5 Å². The normalized spacial score (nSPS) is 11.2. The fourth-order valence-corrected chi connectivity index (χ4v) is 1.89. The zero-order valence-electron chi connectivity index (χ0n) is 10.6. The van der Waals surface area contributed by atoms with Crippen LogP contribution < -0.4 is 5.32 Å². The van der Waals surface area contributed by atoms with Gasteiger partial charge in [0.25, 0.3) is 5.91 Å². The first-order valence-electron chi connectivity index (χ1n) is 5.92. The van der Waals surface area contributed by atoms with E-state index < -0.39 is 17.6 Å². The topological polar surface area (TPSA) is 42.0 Å². The Morgan fingerprint density at radius 3 is 2.62 bits per heavy atom. The van der Waals surface area contributed by atoms with Crippen molar-refractivity contribution in [2.75, 3.05) is 0 Å². The van der Waals surface area contributed by atoms with E-state index in [1.165, 1.54) is 18.3 Å². The molecule has 2 rings (SSSR count).